The summed E-state index contributed by atoms with van der Waals surface area (Å²) in [5.74, 6) is 0. The number of allylic oxidation sites excluding steroid dienone is 1. The number of nitro groups is 1. The van der Waals surface area contributed by atoms with Gasteiger partial charge in [-0.05, 0) is 48.0 Å². The molecule has 0 radical (unpaired) electrons. The molecule has 168 valence electrons. The molecule has 0 aliphatic rings. The molecule has 0 fully saturated rings. The van der Waals surface area contributed by atoms with Gasteiger partial charge in [0.2, 0.25) is 0 Å². The Balaban J connectivity index is 1.70. The van der Waals surface area contributed by atoms with Crippen LogP contribution in [0.4, 0.5) is 5.69 Å². The van der Waals surface area contributed by atoms with Gasteiger partial charge in [0.1, 0.15) is 11.3 Å². The van der Waals surface area contributed by atoms with Crippen molar-refractivity contribution >= 4 is 28.3 Å². The summed E-state index contributed by atoms with van der Waals surface area (Å²) in [6.45, 7) is 0. The van der Waals surface area contributed by atoms with E-state index >= 15 is 0 Å². The quantitative estimate of drug-likeness (QED) is 0.146. The first-order valence-corrected chi connectivity index (χ1v) is 10.6. The van der Waals surface area contributed by atoms with Crippen LogP contribution in [-0.4, -0.2) is 14.7 Å². The predicted octanol–water partition coefficient (Wildman–Crippen LogP) is 5.62. The van der Waals surface area contributed by atoms with Crippen LogP contribution < -0.4 is 5.63 Å². The number of hydrogen-bond acceptors (Lipinski definition) is 6. The van der Waals surface area contributed by atoms with Gasteiger partial charge >= 0.3 is 5.63 Å². The third-order valence-electron chi connectivity index (χ3n) is 5.47. The van der Waals surface area contributed by atoms with Crippen molar-refractivity contribution in [2.45, 2.75) is 0 Å². The zero-order valence-electron chi connectivity index (χ0n) is 18.2. The van der Waals surface area contributed by atoms with Crippen molar-refractivity contribution in [2.75, 3.05) is 0 Å². The maximum atomic E-state index is 12.9. The molecular formula is C27H16N4O4. The highest BCUT2D eigenvalue weighted by Crippen LogP contribution is 2.28. The number of para-hydroxylation sites is 2. The van der Waals surface area contributed by atoms with E-state index in [1.807, 2.05) is 42.5 Å². The van der Waals surface area contributed by atoms with E-state index in [4.69, 9.17) is 4.42 Å². The van der Waals surface area contributed by atoms with Crippen LogP contribution in [0, 0.1) is 21.4 Å². The minimum Gasteiger partial charge on any atom is -0.422 e. The van der Waals surface area contributed by atoms with Crippen molar-refractivity contribution in [3.63, 3.8) is 0 Å². The number of aromatic nitrogens is 2. The first kappa shape index (κ1) is 21.6. The van der Waals surface area contributed by atoms with Gasteiger partial charge in [0.05, 0.1) is 27.8 Å². The van der Waals surface area contributed by atoms with Crippen molar-refractivity contribution in [3.05, 3.63) is 123 Å². The molecule has 3 aromatic carbocycles. The summed E-state index contributed by atoms with van der Waals surface area (Å²) in [6.07, 6.45) is 3.33. The van der Waals surface area contributed by atoms with E-state index in [1.165, 1.54) is 24.3 Å². The van der Waals surface area contributed by atoms with E-state index in [0.29, 0.717) is 22.4 Å². The molecule has 0 bridgehead atoms. The number of rotatable bonds is 5. The van der Waals surface area contributed by atoms with Crippen LogP contribution in [0.5, 0.6) is 0 Å². The van der Waals surface area contributed by atoms with Crippen LogP contribution in [0.15, 0.2) is 100 Å². The molecule has 35 heavy (non-hydrogen) atoms. The van der Waals surface area contributed by atoms with Gasteiger partial charge in [0, 0.05) is 29.3 Å². The fraction of sp³-hybridized carbons (Fsp3) is 0. The van der Waals surface area contributed by atoms with Crippen molar-refractivity contribution in [1.82, 2.24) is 9.78 Å². The minimum atomic E-state index is -0.550. The average molecular weight is 460 g/mol. The van der Waals surface area contributed by atoms with Crippen molar-refractivity contribution < 1.29 is 9.34 Å². The maximum absolute atomic E-state index is 12.9. The topological polar surface area (TPSA) is 115 Å². The Labute approximate surface area is 198 Å². The van der Waals surface area contributed by atoms with Gasteiger partial charge in [-0.15, -0.1) is 0 Å². The number of benzene rings is 3. The van der Waals surface area contributed by atoms with E-state index in [-0.39, 0.29) is 16.8 Å². The van der Waals surface area contributed by atoms with Crippen molar-refractivity contribution in [1.29, 1.82) is 5.26 Å². The lowest BCUT2D eigenvalue weighted by Crippen LogP contribution is -2.04. The summed E-state index contributed by atoms with van der Waals surface area (Å²) in [5.41, 5.74) is 2.50. The lowest BCUT2D eigenvalue weighted by molar-refractivity contribution is -0.384. The largest absolute Gasteiger partial charge is 0.422 e. The Hall–Kier alpha value is -5.29. The number of nitrogens with zero attached hydrogens (tertiary/aromatic N) is 4. The van der Waals surface area contributed by atoms with Gasteiger partial charge in [-0.3, -0.25) is 10.1 Å². The van der Waals surface area contributed by atoms with Crippen LogP contribution in [0.2, 0.25) is 0 Å². The molecule has 5 rings (SSSR count). The SMILES string of the molecule is N#C/C(=C/c1cn(-c2ccccc2)nc1-c1cc2ccccc2oc1=O)c1ccc([N+](=O)[O-])cc1. The summed E-state index contributed by atoms with van der Waals surface area (Å²) in [6, 6.07) is 26.1. The molecule has 0 aliphatic heterocycles. The van der Waals surface area contributed by atoms with Gasteiger partial charge < -0.3 is 4.42 Å². The zero-order valence-corrected chi connectivity index (χ0v) is 18.2. The number of non-ortho nitro benzene ring substituents is 1. The molecule has 8 heteroatoms. The first-order chi connectivity index (χ1) is 17.0. The Bertz CT molecular complexity index is 1690. The highest BCUT2D eigenvalue weighted by molar-refractivity contribution is 5.93. The predicted molar refractivity (Wildman–Crippen MR) is 132 cm³/mol. The van der Waals surface area contributed by atoms with Crippen molar-refractivity contribution in [3.8, 4) is 23.0 Å². The summed E-state index contributed by atoms with van der Waals surface area (Å²) < 4.78 is 7.14. The lowest BCUT2D eigenvalue weighted by Gasteiger charge is -2.02. The summed E-state index contributed by atoms with van der Waals surface area (Å²) in [7, 11) is 0. The van der Waals surface area contributed by atoms with Crippen LogP contribution in [-0.2, 0) is 0 Å². The van der Waals surface area contributed by atoms with Crippen LogP contribution in [0.25, 0.3) is 39.6 Å². The summed E-state index contributed by atoms with van der Waals surface area (Å²) >= 11 is 0. The fourth-order valence-electron chi connectivity index (χ4n) is 3.74. The summed E-state index contributed by atoms with van der Waals surface area (Å²) in [5, 5.41) is 26.2. The van der Waals surface area contributed by atoms with Gasteiger partial charge in [-0.1, -0.05) is 36.4 Å². The second-order valence-electron chi connectivity index (χ2n) is 7.67. The normalized spacial score (nSPS) is 11.3. The molecule has 0 saturated heterocycles. The second kappa shape index (κ2) is 8.92. The van der Waals surface area contributed by atoms with E-state index in [2.05, 4.69) is 11.2 Å². The minimum absolute atomic E-state index is 0.0719. The molecule has 0 amide bonds. The van der Waals surface area contributed by atoms with Gasteiger partial charge in [-0.25, -0.2) is 9.48 Å². The number of hydrogen-bond donors (Lipinski definition) is 0. The van der Waals surface area contributed by atoms with Crippen molar-refractivity contribution in [2.24, 2.45) is 0 Å². The Morgan fingerprint density at radius 3 is 2.46 bits per heavy atom. The number of nitro benzene ring substituents is 1. The second-order valence-corrected chi connectivity index (χ2v) is 7.67. The fourth-order valence-corrected chi connectivity index (χ4v) is 3.74. The molecule has 8 nitrogen and oxygen atoms in total. The molecule has 5 aromatic rings. The van der Waals surface area contributed by atoms with Gasteiger partial charge in [0.25, 0.3) is 5.69 Å². The molecular weight excluding hydrogens is 444 g/mol. The highest BCUT2D eigenvalue weighted by Gasteiger charge is 2.17. The zero-order chi connectivity index (χ0) is 24.4. The summed E-state index contributed by atoms with van der Waals surface area (Å²) in [4.78, 5) is 23.4. The third-order valence-corrected chi connectivity index (χ3v) is 5.47. The maximum Gasteiger partial charge on any atom is 0.345 e. The monoisotopic (exact) mass is 460 g/mol. The van der Waals surface area contributed by atoms with Gasteiger partial charge in [0.15, 0.2) is 0 Å². The molecule has 0 N–H and O–H groups in total. The highest BCUT2D eigenvalue weighted by atomic mass is 16.6. The van der Waals surface area contributed by atoms with Crippen LogP contribution >= 0.6 is 0 Å². The Morgan fingerprint density at radius 2 is 1.74 bits per heavy atom. The molecule has 0 aliphatic carbocycles. The van der Waals surface area contributed by atoms with Gasteiger partial charge in [-0.2, -0.15) is 10.4 Å². The lowest BCUT2D eigenvalue weighted by atomic mass is 10.0. The van der Waals surface area contributed by atoms with Crippen LogP contribution in [0.1, 0.15) is 11.1 Å². The van der Waals surface area contributed by atoms with E-state index in [9.17, 15) is 20.2 Å². The number of nitriles is 1. The number of fused-ring (bicyclic) bond motifs is 1. The first-order valence-electron chi connectivity index (χ1n) is 10.6. The third kappa shape index (κ3) is 4.21. The average Bonchev–Trinajstić information content (AvgIpc) is 3.31. The standard InChI is InChI=1S/C27H16N4O4/c28-16-20(18-10-12-23(13-11-18)31(33)34)14-21-17-30(22-7-2-1-3-8-22)29-26(21)24-15-19-6-4-5-9-25(19)35-27(24)32/h1-15,17H/b20-14-. The molecule has 2 heterocycles. The molecule has 2 aromatic heterocycles. The van der Waals surface area contributed by atoms with E-state index in [0.717, 1.165) is 11.1 Å². The van der Waals surface area contributed by atoms with Crippen LogP contribution in [0.3, 0.4) is 0 Å². The molecule has 0 unspecified atom stereocenters. The van der Waals surface area contributed by atoms with E-state index < -0.39 is 10.5 Å². The van der Waals surface area contributed by atoms with E-state index in [1.54, 1.807) is 35.2 Å². The molecule has 0 atom stereocenters. The molecule has 0 saturated carbocycles. The smallest absolute Gasteiger partial charge is 0.345 e. The Kier molecular flexibility index (Phi) is 5.49. The Morgan fingerprint density at radius 1 is 1.03 bits per heavy atom. The molecule has 0 spiro atoms.